The maximum Gasteiger partial charge on any atom is 0.231 e. The van der Waals surface area contributed by atoms with Crippen molar-refractivity contribution in [2.24, 2.45) is 0 Å². The van der Waals surface area contributed by atoms with Gasteiger partial charge in [-0.3, -0.25) is 0 Å². The molecule has 0 aromatic heterocycles. The molecule has 0 radical (unpaired) electrons. The van der Waals surface area contributed by atoms with Gasteiger partial charge < -0.3 is 19.5 Å². The molecule has 17 heavy (non-hydrogen) atoms. The molecule has 4 nitrogen and oxygen atoms in total. The number of benzene rings is 1. The molecule has 0 saturated carbocycles. The van der Waals surface area contributed by atoms with E-state index in [9.17, 15) is 0 Å². The van der Waals surface area contributed by atoms with E-state index in [2.05, 4.69) is 19.2 Å². The molecule has 2 unspecified atom stereocenters. The van der Waals surface area contributed by atoms with E-state index in [0.29, 0.717) is 6.79 Å². The average Bonchev–Trinajstić information content (AvgIpc) is 2.87. The monoisotopic (exact) mass is 235 g/mol. The molecule has 0 spiro atoms. The molecule has 4 heteroatoms. The Balaban J connectivity index is 1.92. The third-order valence-corrected chi connectivity index (χ3v) is 3.24. The summed E-state index contributed by atoms with van der Waals surface area (Å²) in [6.07, 6.45) is 1.27. The molecular weight excluding hydrogens is 218 g/mol. The Morgan fingerprint density at radius 2 is 2.00 bits per heavy atom. The fourth-order valence-corrected chi connectivity index (χ4v) is 2.38. The van der Waals surface area contributed by atoms with Crippen LogP contribution in [0.3, 0.4) is 0 Å². The predicted molar refractivity (Wildman–Crippen MR) is 63.7 cm³/mol. The minimum atomic E-state index is 0.152. The molecule has 3 rings (SSSR count). The third-order valence-electron chi connectivity index (χ3n) is 3.24. The molecule has 92 valence electrons. The number of hydrogen-bond donors (Lipinski definition) is 1. The van der Waals surface area contributed by atoms with Gasteiger partial charge in [0.1, 0.15) is 11.9 Å². The first kappa shape index (κ1) is 10.7. The van der Waals surface area contributed by atoms with Crippen molar-refractivity contribution in [3.8, 4) is 17.2 Å². The lowest BCUT2D eigenvalue weighted by atomic mass is 10.0. The Morgan fingerprint density at radius 1 is 1.24 bits per heavy atom. The van der Waals surface area contributed by atoms with E-state index in [1.54, 1.807) is 0 Å². The molecule has 0 amide bonds. The Labute approximate surface area is 101 Å². The summed E-state index contributed by atoms with van der Waals surface area (Å²) in [6.45, 7) is 5.54. The van der Waals surface area contributed by atoms with E-state index in [0.717, 1.165) is 30.2 Å². The predicted octanol–water partition coefficient (Wildman–Crippen LogP) is 2.24. The van der Waals surface area contributed by atoms with E-state index < -0.39 is 0 Å². The SMILES string of the molecule is CCCNC1c2cc3c(cc2OC1C)OCO3. The largest absolute Gasteiger partial charge is 0.488 e. The van der Waals surface area contributed by atoms with Crippen LogP contribution in [-0.4, -0.2) is 19.4 Å². The summed E-state index contributed by atoms with van der Waals surface area (Å²) >= 11 is 0. The lowest BCUT2D eigenvalue weighted by Crippen LogP contribution is -2.29. The highest BCUT2D eigenvalue weighted by molar-refractivity contribution is 5.54. The molecule has 1 aromatic carbocycles. The summed E-state index contributed by atoms with van der Waals surface area (Å²) in [5.41, 5.74) is 1.18. The summed E-state index contributed by atoms with van der Waals surface area (Å²) in [6, 6.07) is 4.22. The van der Waals surface area contributed by atoms with Crippen molar-refractivity contribution < 1.29 is 14.2 Å². The molecule has 1 N–H and O–H groups in total. The van der Waals surface area contributed by atoms with Crippen molar-refractivity contribution in [3.05, 3.63) is 17.7 Å². The Hall–Kier alpha value is -1.42. The zero-order valence-corrected chi connectivity index (χ0v) is 10.2. The summed E-state index contributed by atoms with van der Waals surface area (Å²) in [4.78, 5) is 0. The summed E-state index contributed by atoms with van der Waals surface area (Å²) in [7, 11) is 0. The molecule has 0 aliphatic carbocycles. The molecule has 2 aliphatic heterocycles. The number of rotatable bonds is 3. The molecule has 0 fully saturated rings. The topological polar surface area (TPSA) is 39.7 Å². The van der Waals surface area contributed by atoms with Crippen LogP contribution >= 0.6 is 0 Å². The first-order chi connectivity index (χ1) is 8.29. The number of nitrogens with one attached hydrogen (secondary N) is 1. The second-order valence-electron chi connectivity index (χ2n) is 4.50. The molecule has 2 heterocycles. The van der Waals surface area contributed by atoms with Gasteiger partial charge in [-0.25, -0.2) is 0 Å². The number of fused-ring (bicyclic) bond motifs is 2. The lowest BCUT2D eigenvalue weighted by Gasteiger charge is -2.16. The van der Waals surface area contributed by atoms with Crippen LogP contribution in [-0.2, 0) is 0 Å². The van der Waals surface area contributed by atoms with Crippen molar-refractivity contribution in [1.29, 1.82) is 0 Å². The van der Waals surface area contributed by atoms with Gasteiger partial charge in [0.2, 0.25) is 6.79 Å². The van der Waals surface area contributed by atoms with Gasteiger partial charge in [0.25, 0.3) is 0 Å². The van der Waals surface area contributed by atoms with E-state index in [-0.39, 0.29) is 12.1 Å². The van der Waals surface area contributed by atoms with Gasteiger partial charge in [-0.05, 0) is 26.0 Å². The first-order valence-corrected chi connectivity index (χ1v) is 6.13. The van der Waals surface area contributed by atoms with Crippen LogP contribution in [0.2, 0.25) is 0 Å². The maximum absolute atomic E-state index is 5.84. The van der Waals surface area contributed by atoms with Crippen LogP contribution in [0, 0.1) is 0 Å². The van der Waals surface area contributed by atoms with E-state index in [1.165, 1.54) is 5.56 Å². The van der Waals surface area contributed by atoms with E-state index in [1.807, 2.05) is 12.1 Å². The second-order valence-corrected chi connectivity index (χ2v) is 4.50. The molecule has 2 aliphatic rings. The molecule has 2 atom stereocenters. The van der Waals surface area contributed by atoms with Crippen molar-refractivity contribution >= 4 is 0 Å². The van der Waals surface area contributed by atoms with Crippen molar-refractivity contribution in [1.82, 2.24) is 5.32 Å². The van der Waals surface area contributed by atoms with Crippen molar-refractivity contribution in [3.63, 3.8) is 0 Å². The minimum Gasteiger partial charge on any atom is -0.488 e. The first-order valence-electron chi connectivity index (χ1n) is 6.13. The van der Waals surface area contributed by atoms with Gasteiger partial charge >= 0.3 is 0 Å². The molecule has 0 bridgehead atoms. The van der Waals surface area contributed by atoms with Crippen molar-refractivity contribution in [2.45, 2.75) is 32.4 Å². The standard InChI is InChI=1S/C13H17NO3/c1-3-4-14-13-8(2)17-10-6-12-11(5-9(10)13)15-7-16-12/h5-6,8,13-14H,3-4,7H2,1-2H3. The Bertz CT molecular complexity index is 433. The van der Waals surface area contributed by atoms with Gasteiger partial charge in [0.05, 0.1) is 6.04 Å². The quantitative estimate of drug-likeness (QED) is 0.872. The fourth-order valence-electron chi connectivity index (χ4n) is 2.38. The van der Waals surface area contributed by atoms with E-state index in [4.69, 9.17) is 14.2 Å². The summed E-state index contributed by atoms with van der Waals surface area (Å²) < 4.78 is 16.6. The highest BCUT2D eigenvalue weighted by Crippen LogP contribution is 2.45. The third kappa shape index (κ3) is 1.72. The van der Waals surface area contributed by atoms with Crippen LogP contribution in [0.5, 0.6) is 17.2 Å². The Kier molecular flexibility index (Phi) is 2.59. The van der Waals surface area contributed by atoms with Crippen LogP contribution in [0.4, 0.5) is 0 Å². The highest BCUT2D eigenvalue weighted by atomic mass is 16.7. The van der Waals surface area contributed by atoms with E-state index >= 15 is 0 Å². The van der Waals surface area contributed by atoms with Gasteiger partial charge in [0.15, 0.2) is 11.5 Å². The zero-order chi connectivity index (χ0) is 11.8. The van der Waals surface area contributed by atoms with Gasteiger partial charge in [0, 0.05) is 11.6 Å². The average molecular weight is 235 g/mol. The minimum absolute atomic E-state index is 0.152. The van der Waals surface area contributed by atoms with Gasteiger partial charge in [-0.15, -0.1) is 0 Å². The zero-order valence-electron chi connectivity index (χ0n) is 10.2. The summed E-state index contributed by atoms with van der Waals surface area (Å²) in [5.74, 6) is 2.52. The number of ether oxygens (including phenoxy) is 3. The van der Waals surface area contributed by atoms with Crippen LogP contribution in [0.25, 0.3) is 0 Å². The molecule has 0 saturated heterocycles. The lowest BCUT2D eigenvalue weighted by molar-refractivity contribution is 0.172. The van der Waals surface area contributed by atoms with Crippen molar-refractivity contribution in [2.75, 3.05) is 13.3 Å². The molecular formula is C13H17NO3. The van der Waals surface area contributed by atoms with Crippen LogP contribution in [0.1, 0.15) is 31.9 Å². The van der Waals surface area contributed by atoms with Gasteiger partial charge in [-0.1, -0.05) is 6.92 Å². The summed E-state index contributed by atoms with van der Waals surface area (Å²) in [5, 5.41) is 3.51. The molecule has 1 aromatic rings. The fraction of sp³-hybridized carbons (Fsp3) is 0.538. The number of hydrogen-bond acceptors (Lipinski definition) is 4. The van der Waals surface area contributed by atoms with Crippen LogP contribution < -0.4 is 19.5 Å². The maximum atomic E-state index is 5.84. The van der Waals surface area contributed by atoms with Gasteiger partial charge in [-0.2, -0.15) is 0 Å². The normalized spacial score (nSPS) is 24.6. The smallest absolute Gasteiger partial charge is 0.231 e. The second kappa shape index (κ2) is 4.11. The highest BCUT2D eigenvalue weighted by Gasteiger charge is 2.33. The van der Waals surface area contributed by atoms with Crippen LogP contribution in [0.15, 0.2) is 12.1 Å². The Morgan fingerprint density at radius 3 is 2.76 bits per heavy atom.